The summed E-state index contributed by atoms with van der Waals surface area (Å²) in [6.07, 6.45) is 2.34. The predicted octanol–water partition coefficient (Wildman–Crippen LogP) is -0.498. The minimum Gasteiger partial charge on any atom is -0.353 e. The van der Waals surface area contributed by atoms with Crippen molar-refractivity contribution in [2.75, 3.05) is 26.2 Å². The first-order chi connectivity index (χ1) is 15.0. The zero-order valence-electron chi connectivity index (χ0n) is 17.4. The molecule has 3 N–H and O–H groups in total. The van der Waals surface area contributed by atoms with E-state index in [1.165, 1.54) is 0 Å². The SMILES string of the molecule is O=C1CCC(N2Cc3c(CN4CCNC(=O)C45CCCNC5)cccc3C2=O)C(=O)N1. The van der Waals surface area contributed by atoms with E-state index in [1.54, 1.807) is 11.0 Å². The summed E-state index contributed by atoms with van der Waals surface area (Å²) in [4.78, 5) is 53.6. The van der Waals surface area contributed by atoms with Crippen LogP contribution < -0.4 is 16.0 Å². The summed E-state index contributed by atoms with van der Waals surface area (Å²) >= 11 is 0. The number of hydrogen-bond acceptors (Lipinski definition) is 6. The van der Waals surface area contributed by atoms with E-state index < -0.39 is 17.5 Å². The number of fused-ring (bicyclic) bond motifs is 1. The molecule has 1 aromatic rings. The fourth-order valence-corrected chi connectivity index (χ4v) is 5.41. The van der Waals surface area contributed by atoms with Crippen LogP contribution in [-0.4, -0.2) is 71.2 Å². The molecule has 4 aliphatic rings. The van der Waals surface area contributed by atoms with Crippen LogP contribution in [0.1, 0.15) is 47.2 Å². The lowest BCUT2D eigenvalue weighted by molar-refractivity contribution is -0.140. The Kier molecular flexibility index (Phi) is 5.02. The van der Waals surface area contributed by atoms with Crippen molar-refractivity contribution in [3.63, 3.8) is 0 Å². The van der Waals surface area contributed by atoms with Gasteiger partial charge in [-0.3, -0.25) is 29.4 Å². The van der Waals surface area contributed by atoms with Gasteiger partial charge < -0.3 is 15.5 Å². The summed E-state index contributed by atoms with van der Waals surface area (Å²) in [5.41, 5.74) is 1.98. The maximum atomic E-state index is 13.1. The van der Waals surface area contributed by atoms with E-state index in [0.29, 0.717) is 38.2 Å². The maximum Gasteiger partial charge on any atom is 0.255 e. The first-order valence-electron chi connectivity index (χ1n) is 11.0. The average molecular weight is 425 g/mol. The van der Waals surface area contributed by atoms with Crippen molar-refractivity contribution in [1.82, 2.24) is 25.8 Å². The second kappa shape index (κ2) is 7.72. The highest BCUT2D eigenvalue weighted by molar-refractivity contribution is 6.05. The summed E-state index contributed by atoms with van der Waals surface area (Å²) in [5, 5.41) is 8.74. The van der Waals surface area contributed by atoms with E-state index in [2.05, 4.69) is 20.9 Å². The first kappa shape index (κ1) is 20.1. The number of benzene rings is 1. The molecule has 2 atom stereocenters. The fourth-order valence-electron chi connectivity index (χ4n) is 5.41. The van der Waals surface area contributed by atoms with E-state index in [0.717, 1.165) is 37.1 Å². The van der Waals surface area contributed by atoms with Crippen LogP contribution in [-0.2, 0) is 27.5 Å². The number of piperidine rings is 2. The largest absolute Gasteiger partial charge is 0.353 e. The Hall–Kier alpha value is -2.78. The van der Waals surface area contributed by atoms with Crippen LogP contribution >= 0.6 is 0 Å². The Bertz CT molecular complexity index is 955. The lowest BCUT2D eigenvalue weighted by Gasteiger charge is -2.48. The van der Waals surface area contributed by atoms with Gasteiger partial charge in [0.2, 0.25) is 17.7 Å². The Balaban J connectivity index is 1.41. The molecular formula is C22H27N5O4. The predicted molar refractivity (Wildman–Crippen MR) is 111 cm³/mol. The maximum absolute atomic E-state index is 13.1. The second-order valence-electron chi connectivity index (χ2n) is 8.83. The molecule has 0 aromatic heterocycles. The van der Waals surface area contributed by atoms with Gasteiger partial charge in [-0.05, 0) is 43.0 Å². The van der Waals surface area contributed by atoms with Crippen LogP contribution in [0.2, 0.25) is 0 Å². The van der Waals surface area contributed by atoms with Crippen LogP contribution in [0.5, 0.6) is 0 Å². The second-order valence-corrected chi connectivity index (χ2v) is 8.83. The quantitative estimate of drug-likeness (QED) is 0.564. The van der Waals surface area contributed by atoms with Crippen LogP contribution in [0.4, 0.5) is 0 Å². The van der Waals surface area contributed by atoms with Crippen LogP contribution in [0.15, 0.2) is 18.2 Å². The molecule has 0 saturated carbocycles. The van der Waals surface area contributed by atoms with Crippen LogP contribution in [0.25, 0.3) is 0 Å². The molecule has 5 rings (SSSR count). The number of imide groups is 1. The first-order valence-corrected chi connectivity index (χ1v) is 11.0. The third-order valence-corrected chi connectivity index (χ3v) is 7.10. The van der Waals surface area contributed by atoms with Crippen molar-refractivity contribution in [2.24, 2.45) is 0 Å². The Morgan fingerprint density at radius 2 is 2.00 bits per heavy atom. The Morgan fingerprint density at radius 3 is 2.77 bits per heavy atom. The lowest BCUT2D eigenvalue weighted by atomic mass is 9.85. The third-order valence-electron chi connectivity index (χ3n) is 7.10. The zero-order valence-corrected chi connectivity index (χ0v) is 17.4. The average Bonchev–Trinajstić information content (AvgIpc) is 3.10. The molecule has 4 amide bonds. The molecule has 1 aromatic carbocycles. The number of carbonyl (C=O) groups excluding carboxylic acids is 4. The minimum absolute atomic E-state index is 0.0692. The van der Waals surface area contributed by atoms with E-state index in [9.17, 15) is 19.2 Å². The Labute approximate surface area is 180 Å². The van der Waals surface area contributed by atoms with E-state index >= 15 is 0 Å². The molecule has 4 aliphatic heterocycles. The summed E-state index contributed by atoms with van der Waals surface area (Å²) in [7, 11) is 0. The number of nitrogens with zero attached hydrogens (tertiary/aromatic N) is 2. The molecule has 3 saturated heterocycles. The van der Waals surface area contributed by atoms with Gasteiger partial charge in [-0.2, -0.15) is 0 Å². The number of nitrogens with one attached hydrogen (secondary N) is 3. The number of amides is 4. The molecule has 0 aliphatic carbocycles. The smallest absolute Gasteiger partial charge is 0.255 e. The zero-order chi connectivity index (χ0) is 21.6. The van der Waals surface area contributed by atoms with Crippen molar-refractivity contribution in [2.45, 2.75) is 50.4 Å². The van der Waals surface area contributed by atoms with E-state index in [-0.39, 0.29) is 24.1 Å². The molecule has 9 nitrogen and oxygen atoms in total. The molecule has 1 spiro atoms. The van der Waals surface area contributed by atoms with Crippen LogP contribution in [0, 0.1) is 0 Å². The highest BCUT2D eigenvalue weighted by atomic mass is 16.2. The van der Waals surface area contributed by atoms with Crippen molar-refractivity contribution < 1.29 is 19.2 Å². The van der Waals surface area contributed by atoms with Crippen molar-refractivity contribution >= 4 is 23.6 Å². The molecule has 3 fully saturated rings. The van der Waals surface area contributed by atoms with Crippen molar-refractivity contribution in [1.29, 1.82) is 0 Å². The van der Waals surface area contributed by atoms with Gasteiger partial charge in [0, 0.05) is 44.7 Å². The van der Waals surface area contributed by atoms with Crippen LogP contribution in [0.3, 0.4) is 0 Å². The normalized spacial score (nSPS) is 29.2. The highest BCUT2D eigenvalue weighted by Gasteiger charge is 2.47. The van der Waals surface area contributed by atoms with Gasteiger partial charge in [0.15, 0.2) is 0 Å². The fraction of sp³-hybridized carbons (Fsp3) is 0.545. The number of carbonyl (C=O) groups is 4. The molecular weight excluding hydrogens is 398 g/mol. The number of hydrogen-bond donors (Lipinski definition) is 3. The lowest BCUT2D eigenvalue weighted by Crippen LogP contribution is -2.69. The summed E-state index contributed by atoms with van der Waals surface area (Å²) in [6.45, 7) is 3.82. The van der Waals surface area contributed by atoms with E-state index in [4.69, 9.17) is 0 Å². The molecule has 31 heavy (non-hydrogen) atoms. The summed E-state index contributed by atoms with van der Waals surface area (Å²) in [5.74, 6) is -0.795. The standard InChI is InChI=1S/C22H27N5O4/c28-18-6-5-17(19(29)25-18)27-12-16-14(3-1-4-15(16)20(27)30)11-26-10-9-24-21(31)22(26)7-2-8-23-13-22/h1,3-4,17,23H,2,5-13H2,(H,24,31)(H,25,28,29). The molecule has 9 heteroatoms. The van der Waals surface area contributed by atoms with Gasteiger partial charge >= 0.3 is 0 Å². The molecule has 0 bridgehead atoms. The van der Waals surface area contributed by atoms with Gasteiger partial charge in [-0.1, -0.05) is 12.1 Å². The van der Waals surface area contributed by atoms with E-state index in [1.807, 2.05) is 12.1 Å². The molecule has 0 radical (unpaired) electrons. The number of rotatable bonds is 3. The van der Waals surface area contributed by atoms with Crippen molar-refractivity contribution in [3.05, 3.63) is 34.9 Å². The summed E-state index contributed by atoms with van der Waals surface area (Å²) in [6, 6.07) is 5.06. The van der Waals surface area contributed by atoms with Gasteiger partial charge in [0.1, 0.15) is 11.6 Å². The van der Waals surface area contributed by atoms with Gasteiger partial charge in [-0.15, -0.1) is 0 Å². The molecule has 2 unspecified atom stereocenters. The number of piperazine rings is 1. The van der Waals surface area contributed by atoms with Crippen molar-refractivity contribution in [3.8, 4) is 0 Å². The Morgan fingerprint density at radius 1 is 1.13 bits per heavy atom. The minimum atomic E-state index is -0.625. The summed E-state index contributed by atoms with van der Waals surface area (Å²) < 4.78 is 0. The van der Waals surface area contributed by atoms with Gasteiger partial charge in [0.05, 0.1) is 0 Å². The van der Waals surface area contributed by atoms with Gasteiger partial charge in [-0.25, -0.2) is 0 Å². The molecule has 164 valence electrons. The monoisotopic (exact) mass is 425 g/mol. The topological polar surface area (TPSA) is 111 Å². The molecule has 4 heterocycles. The highest BCUT2D eigenvalue weighted by Crippen LogP contribution is 2.33. The third kappa shape index (κ3) is 3.32. The van der Waals surface area contributed by atoms with Gasteiger partial charge in [0.25, 0.3) is 5.91 Å².